The second-order valence-electron chi connectivity index (χ2n) is 5.24. The van der Waals surface area contributed by atoms with E-state index >= 15 is 0 Å². The lowest BCUT2D eigenvalue weighted by Gasteiger charge is -2.21. The average Bonchev–Trinajstić information content (AvgIpc) is 2.92. The minimum absolute atomic E-state index is 0.329. The molecule has 1 fully saturated rings. The van der Waals surface area contributed by atoms with E-state index in [2.05, 4.69) is 15.2 Å². The molecule has 0 bridgehead atoms. The highest BCUT2D eigenvalue weighted by molar-refractivity contribution is 5.80. The van der Waals surface area contributed by atoms with Crippen LogP contribution in [0.1, 0.15) is 12.0 Å². The molecule has 0 spiro atoms. The molecule has 0 radical (unpaired) electrons. The maximum atomic E-state index is 13.3. The van der Waals surface area contributed by atoms with Crippen molar-refractivity contribution in [3.8, 4) is 5.75 Å². The van der Waals surface area contributed by atoms with Crippen LogP contribution in [0.4, 0.5) is 4.39 Å². The maximum absolute atomic E-state index is 13.3. The predicted octanol–water partition coefficient (Wildman–Crippen LogP) is 1.57. The molecule has 6 heteroatoms. The number of benzene rings is 1. The number of nitrogens with zero attached hydrogens (tertiary/aromatic N) is 2. The standard InChI is InChI=1S/C15H22FN3O2/c1-17-15(19-6-5-12(9-19)10-21-2)18-8-11-3-4-14(20)13(16)7-11/h3-4,7,12,20H,5-6,8-10H2,1-2H3,(H,17,18). The van der Waals surface area contributed by atoms with Crippen molar-refractivity contribution in [1.29, 1.82) is 0 Å². The molecule has 1 saturated heterocycles. The SMILES string of the molecule is CN=C(NCc1ccc(O)c(F)c1)N1CCC(COC)C1. The lowest BCUT2D eigenvalue weighted by Crippen LogP contribution is -2.39. The fourth-order valence-electron chi connectivity index (χ4n) is 2.57. The summed E-state index contributed by atoms with van der Waals surface area (Å²) in [5, 5.41) is 12.4. The smallest absolute Gasteiger partial charge is 0.193 e. The first-order chi connectivity index (χ1) is 10.1. The molecule has 1 unspecified atom stereocenters. The molecule has 2 N–H and O–H groups in total. The van der Waals surface area contributed by atoms with E-state index in [1.807, 2.05) is 0 Å². The normalized spacial score (nSPS) is 19.1. The quantitative estimate of drug-likeness (QED) is 0.654. The molecule has 21 heavy (non-hydrogen) atoms. The number of nitrogens with one attached hydrogen (secondary N) is 1. The number of likely N-dealkylation sites (tertiary alicyclic amines) is 1. The maximum Gasteiger partial charge on any atom is 0.193 e. The van der Waals surface area contributed by atoms with Crippen LogP contribution in [-0.2, 0) is 11.3 Å². The van der Waals surface area contributed by atoms with Crippen LogP contribution in [0.3, 0.4) is 0 Å². The van der Waals surface area contributed by atoms with E-state index in [1.165, 1.54) is 12.1 Å². The topological polar surface area (TPSA) is 57.1 Å². The average molecular weight is 295 g/mol. The van der Waals surface area contributed by atoms with Crippen molar-refractivity contribution in [1.82, 2.24) is 10.2 Å². The van der Waals surface area contributed by atoms with Crippen molar-refractivity contribution < 1.29 is 14.2 Å². The predicted molar refractivity (Wildman–Crippen MR) is 79.8 cm³/mol. The molecule has 5 nitrogen and oxygen atoms in total. The summed E-state index contributed by atoms with van der Waals surface area (Å²) in [6.07, 6.45) is 1.09. The van der Waals surface area contributed by atoms with Gasteiger partial charge in [0, 0.05) is 39.7 Å². The van der Waals surface area contributed by atoms with E-state index in [0.29, 0.717) is 12.5 Å². The van der Waals surface area contributed by atoms with Crippen molar-refractivity contribution in [2.45, 2.75) is 13.0 Å². The van der Waals surface area contributed by atoms with Crippen LogP contribution in [0.25, 0.3) is 0 Å². The molecule has 1 aromatic rings. The molecular weight excluding hydrogens is 273 g/mol. The second-order valence-corrected chi connectivity index (χ2v) is 5.24. The number of rotatable bonds is 4. The Kier molecular flexibility index (Phi) is 5.38. The van der Waals surface area contributed by atoms with Crippen LogP contribution in [0.5, 0.6) is 5.75 Å². The van der Waals surface area contributed by atoms with E-state index in [1.54, 1.807) is 20.2 Å². The summed E-state index contributed by atoms with van der Waals surface area (Å²) in [4.78, 5) is 6.45. The second kappa shape index (κ2) is 7.26. The Morgan fingerprint density at radius 1 is 1.57 bits per heavy atom. The first-order valence-corrected chi connectivity index (χ1v) is 7.06. The van der Waals surface area contributed by atoms with Crippen molar-refractivity contribution in [3.63, 3.8) is 0 Å². The Morgan fingerprint density at radius 3 is 3.05 bits per heavy atom. The van der Waals surface area contributed by atoms with Gasteiger partial charge >= 0.3 is 0 Å². The van der Waals surface area contributed by atoms with Gasteiger partial charge in [-0.3, -0.25) is 4.99 Å². The zero-order valence-electron chi connectivity index (χ0n) is 12.5. The first kappa shape index (κ1) is 15.6. The third-order valence-corrected chi connectivity index (χ3v) is 3.66. The van der Waals surface area contributed by atoms with E-state index in [4.69, 9.17) is 4.74 Å². The number of ether oxygens (including phenoxy) is 1. The van der Waals surface area contributed by atoms with Gasteiger partial charge in [0.05, 0.1) is 6.61 Å². The molecule has 1 aliphatic heterocycles. The lowest BCUT2D eigenvalue weighted by atomic mass is 10.1. The Bertz CT molecular complexity index is 508. The van der Waals surface area contributed by atoms with Gasteiger partial charge in [-0.1, -0.05) is 6.07 Å². The van der Waals surface area contributed by atoms with Crippen molar-refractivity contribution in [2.75, 3.05) is 33.9 Å². The van der Waals surface area contributed by atoms with Gasteiger partial charge in [-0.25, -0.2) is 4.39 Å². The zero-order chi connectivity index (χ0) is 15.2. The number of phenols is 1. The molecule has 1 heterocycles. The third-order valence-electron chi connectivity index (χ3n) is 3.66. The summed E-state index contributed by atoms with van der Waals surface area (Å²) in [5.74, 6) is 0.400. The minimum Gasteiger partial charge on any atom is -0.505 e. The van der Waals surface area contributed by atoms with Crippen LogP contribution < -0.4 is 5.32 Å². The van der Waals surface area contributed by atoms with Crippen molar-refractivity contribution >= 4 is 5.96 Å². The Labute approximate surface area is 124 Å². The summed E-state index contributed by atoms with van der Waals surface area (Å²) in [5.41, 5.74) is 0.763. The highest BCUT2D eigenvalue weighted by Crippen LogP contribution is 2.18. The number of phenolic OH excluding ortho intramolecular Hbond substituents is 1. The van der Waals surface area contributed by atoms with Crippen molar-refractivity contribution in [2.24, 2.45) is 10.9 Å². The van der Waals surface area contributed by atoms with Gasteiger partial charge in [0.2, 0.25) is 0 Å². The summed E-state index contributed by atoms with van der Waals surface area (Å²) in [6, 6.07) is 4.38. The highest BCUT2D eigenvalue weighted by Gasteiger charge is 2.24. The summed E-state index contributed by atoms with van der Waals surface area (Å²) < 4.78 is 18.5. The van der Waals surface area contributed by atoms with Crippen LogP contribution in [0.15, 0.2) is 23.2 Å². The Hall–Kier alpha value is -1.82. The van der Waals surface area contributed by atoms with Gasteiger partial charge in [0.15, 0.2) is 17.5 Å². The van der Waals surface area contributed by atoms with E-state index in [9.17, 15) is 9.50 Å². The number of aliphatic imine (C=N–C) groups is 1. The summed E-state index contributed by atoms with van der Waals surface area (Å²) >= 11 is 0. The molecule has 2 rings (SSSR count). The number of methoxy groups -OCH3 is 1. The minimum atomic E-state index is -0.606. The monoisotopic (exact) mass is 295 g/mol. The number of hydrogen-bond donors (Lipinski definition) is 2. The molecule has 0 aliphatic carbocycles. The van der Waals surface area contributed by atoms with Gasteiger partial charge in [0.25, 0.3) is 0 Å². The van der Waals surface area contributed by atoms with Crippen LogP contribution in [-0.4, -0.2) is 49.8 Å². The van der Waals surface area contributed by atoms with Gasteiger partial charge in [-0.2, -0.15) is 0 Å². The van der Waals surface area contributed by atoms with E-state index in [0.717, 1.165) is 37.6 Å². The Balaban J connectivity index is 1.90. The molecule has 0 aromatic heterocycles. The van der Waals surface area contributed by atoms with E-state index < -0.39 is 5.82 Å². The fraction of sp³-hybridized carbons (Fsp3) is 0.533. The summed E-state index contributed by atoms with van der Waals surface area (Å²) in [6.45, 7) is 3.08. The number of guanidine groups is 1. The van der Waals surface area contributed by atoms with Gasteiger partial charge in [-0.15, -0.1) is 0 Å². The van der Waals surface area contributed by atoms with Gasteiger partial charge < -0.3 is 20.1 Å². The third kappa shape index (κ3) is 4.07. The van der Waals surface area contributed by atoms with Gasteiger partial charge in [-0.05, 0) is 24.1 Å². The molecule has 116 valence electrons. The molecule has 1 aromatic carbocycles. The molecule has 1 atom stereocenters. The number of aromatic hydroxyl groups is 1. The first-order valence-electron chi connectivity index (χ1n) is 7.06. The fourth-order valence-corrected chi connectivity index (χ4v) is 2.57. The number of hydrogen-bond acceptors (Lipinski definition) is 3. The van der Waals surface area contributed by atoms with E-state index in [-0.39, 0.29) is 5.75 Å². The number of halogens is 1. The van der Waals surface area contributed by atoms with Crippen LogP contribution in [0.2, 0.25) is 0 Å². The molecule has 0 saturated carbocycles. The van der Waals surface area contributed by atoms with Crippen molar-refractivity contribution in [3.05, 3.63) is 29.6 Å². The van der Waals surface area contributed by atoms with Crippen LogP contribution >= 0.6 is 0 Å². The molecular formula is C15H22FN3O2. The summed E-state index contributed by atoms with van der Waals surface area (Å²) in [7, 11) is 3.46. The lowest BCUT2D eigenvalue weighted by molar-refractivity contribution is 0.157. The molecule has 0 amide bonds. The zero-order valence-corrected chi connectivity index (χ0v) is 12.5. The van der Waals surface area contributed by atoms with Crippen LogP contribution in [0, 0.1) is 11.7 Å². The molecule has 1 aliphatic rings. The Morgan fingerprint density at radius 2 is 2.38 bits per heavy atom. The highest BCUT2D eigenvalue weighted by atomic mass is 19.1. The largest absolute Gasteiger partial charge is 0.505 e. The van der Waals surface area contributed by atoms with Gasteiger partial charge in [0.1, 0.15) is 0 Å².